The zero-order valence-electron chi connectivity index (χ0n) is 43.7. The SMILES string of the molecule is CC(=O)CC[C@@H](CCCCNC(=O)CCOCCOCCOCCOCCNC(=O)CO/N=C(/C)CCC(=O)NCCOCCOCCOCCOCCC(=O)NCCCC[C@H](NCC(C)=O)C(N)=O)C(N)=O. The van der Waals surface area contributed by atoms with E-state index < -0.39 is 17.9 Å². The van der Waals surface area contributed by atoms with Gasteiger partial charge in [-0.15, -0.1) is 0 Å². The van der Waals surface area contributed by atoms with E-state index in [0.717, 1.165) is 6.42 Å². The van der Waals surface area contributed by atoms with E-state index in [4.69, 9.17) is 54.2 Å². The highest BCUT2D eigenvalue weighted by molar-refractivity contribution is 5.87. The van der Waals surface area contributed by atoms with E-state index in [1.807, 2.05) is 0 Å². The number of nitrogens with two attached hydrogens (primary N) is 2. The van der Waals surface area contributed by atoms with Gasteiger partial charge >= 0.3 is 0 Å². The Morgan fingerprint density at radius 1 is 0.411 bits per heavy atom. The lowest BCUT2D eigenvalue weighted by Gasteiger charge is -2.14. The predicted octanol–water partition coefficient (Wildman–Crippen LogP) is -0.619. The number of carbonyl (C=O) groups is 8. The summed E-state index contributed by atoms with van der Waals surface area (Å²) in [5, 5.41) is 17.8. The topological polar surface area (TPSA) is 344 Å². The third-order valence-corrected chi connectivity index (χ3v) is 10.2. The molecule has 2 atom stereocenters. The first-order valence-corrected chi connectivity index (χ1v) is 25.4. The van der Waals surface area contributed by atoms with Crippen molar-refractivity contribution in [2.45, 2.75) is 104 Å². The van der Waals surface area contributed by atoms with Crippen LogP contribution in [-0.2, 0) is 81.1 Å². The highest BCUT2D eigenvalue weighted by atomic mass is 16.6. The van der Waals surface area contributed by atoms with Gasteiger partial charge in [-0.3, -0.25) is 38.9 Å². The van der Waals surface area contributed by atoms with Crippen molar-refractivity contribution in [3.8, 4) is 0 Å². The van der Waals surface area contributed by atoms with E-state index in [0.29, 0.717) is 163 Å². The smallest absolute Gasteiger partial charge is 0.260 e. The highest BCUT2D eigenvalue weighted by Crippen LogP contribution is 2.14. The molecule has 25 nitrogen and oxygen atoms in total. The van der Waals surface area contributed by atoms with Gasteiger partial charge in [-0.2, -0.15) is 0 Å². The third kappa shape index (κ3) is 49.3. The molecule has 0 bridgehead atoms. The van der Waals surface area contributed by atoms with E-state index in [2.05, 4.69) is 31.7 Å². The minimum Gasteiger partial charge on any atom is -0.386 e. The van der Waals surface area contributed by atoms with Crippen LogP contribution in [0.3, 0.4) is 0 Å². The Morgan fingerprint density at radius 3 is 1.26 bits per heavy atom. The second-order valence-electron chi connectivity index (χ2n) is 16.8. The first-order chi connectivity index (χ1) is 35.2. The summed E-state index contributed by atoms with van der Waals surface area (Å²) in [7, 11) is 0. The van der Waals surface area contributed by atoms with Gasteiger partial charge in [0.25, 0.3) is 5.91 Å². The molecule has 0 aromatic rings. The van der Waals surface area contributed by atoms with Crippen molar-refractivity contribution in [3.63, 3.8) is 0 Å². The first-order valence-electron chi connectivity index (χ1n) is 25.4. The number of unbranched alkanes of at least 4 members (excludes halogenated alkanes) is 2. The van der Waals surface area contributed by atoms with E-state index in [-0.39, 0.29) is 99.9 Å². The third-order valence-electron chi connectivity index (χ3n) is 10.2. The van der Waals surface area contributed by atoms with Gasteiger partial charge in [0.2, 0.25) is 29.5 Å². The molecule has 0 aliphatic carbocycles. The number of hydrogen-bond donors (Lipinski definition) is 7. The Hall–Kier alpha value is -4.73. The second-order valence-corrected chi connectivity index (χ2v) is 16.8. The van der Waals surface area contributed by atoms with E-state index in [1.54, 1.807) is 6.92 Å². The molecule has 6 amide bonds. The van der Waals surface area contributed by atoms with Crippen LogP contribution < -0.4 is 38.1 Å². The molecule has 0 heterocycles. The van der Waals surface area contributed by atoms with Crippen molar-refractivity contribution in [2.75, 3.05) is 145 Å². The normalized spacial score (nSPS) is 12.2. The van der Waals surface area contributed by atoms with Crippen molar-refractivity contribution in [1.82, 2.24) is 26.6 Å². The van der Waals surface area contributed by atoms with Crippen molar-refractivity contribution in [2.24, 2.45) is 22.5 Å². The summed E-state index contributed by atoms with van der Waals surface area (Å²) in [5.74, 6) is -2.04. The summed E-state index contributed by atoms with van der Waals surface area (Å²) in [6.07, 6.45) is 5.69. The molecule has 9 N–H and O–H groups in total. The zero-order valence-corrected chi connectivity index (χ0v) is 43.7. The Morgan fingerprint density at radius 2 is 0.822 bits per heavy atom. The highest BCUT2D eigenvalue weighted by Gasteiger charge is 2.16. The van der Waals surface area contributed by atoms with Crippen molar-refractivity contribution < 1.29 is 81.1 Å². The summed E-state index contributed by atoms with van der Waals surface area (Å²) in [5.41, 5.74) is 11.3. The fourth-order valence-electron chi connectivity index (χ4n) is 6.10. The summed E-state index contributed by atoms with van der Waals surface area (Å²) >= 11 is 0. The van der Waals surface area contributed by atoms with Crippen LogP contribution in [0.15, 0.2) is 5.16 Å². The number of nitrogens with zero attached hydrogens (tertiary/aromatic N) is 1. The molecule has 25 heteroatoms. The molecule has 0 aliphatic heterocycles. The van der Waals surface area contributed by atoms with E-state index in [1.165, 1.54) is 13.8 Å². The summed E-state index contributed by atoms with van der Waals surface area (Å²) in [6, 6.07) is -0.568. The quantitative estimate of drug-likeness (QED) is 0.0227. The molecule has 422 valence electrons. The Kier molecular flexibility index (Phi) is 46.3. The summed E-state index contributed by atoms with van der Waals surface area (Å²) < 4.78 is 43.6. The van der Waals surface area contributed by atoms with Crippen LogP contribution in [-0.4, -0.2) is 204 Å². The first kappa shape index (κ1) is 68.3. The van der Waals surface area contributed by atoms with Crippen LogP contribution >= 0.6 is 0 Å². The lowest BCUT2D eigenvalue weighted by Crippen LogP contribution is -2.43. The number of amides is 6. The van der Waals surface area contributed by atoms with Crippen molar-refractivity contribution in [1.29, 1.82) is 0 Å². The maximum Gasteiger partial charge on any atom is 0.260 e. The van der Waals surface area contributed by atoms with Gasteiger partial charge in [-0.1, -0.05) is 11.6 Å². The number of ether oxygens (including phenoxy) is 8. The van der Waals surface area contributed by atoms with Crippen LogP contribution in [0.25, 0.3) is 0 Å². The maximum atomic E-state index is 12.1. The van der Waals surface area contributed by atoms with Gasteiger partial charge in [-0.25, -0.2) is 0 Å². The molecular formula is C48H88N8O17. The van der Waals surface area contributed by atoms with Gasteiger partial charge in [0.05, 0.1) is 124 Å². The number of ketones is 2. The average Bonchev–Trinajstić information content (AvgIpc) is 3.34. The number of rotatable bonds is 54. The molecule has 0 spiro atoms. The van der Waals surface area contributed by atoms with Crippen LogP contribution in [0.5, 0.6) is 0 Å². The van der Waals surface area contributed by atoms with Gasteiger partial charge in [0.1, 0.15) is 11.6 Å². The van der Waals surface area contributed by atoms with Gasteiger partial charge in [0.15, 0.2) is 6.61 Å². The minimum atomic E-state index is -0.568. The Bertz CT molecular complexity index is 1540. The van der Waals surface area contributed by atoms with Crippen LogP contribution in [0.1, 0.15) is 97.8 Å². The standard InChI is InChI=1S/C48H88N8O17/c1-38(10-13-43(59)53-18-22-67-26-30-71-34-32-69-29-25-66-21-15-45(61)52-17-7-5-9-42(48(50)64)55-36-40(3)58)56-73-37-46(62)54-19-23-68-27-31-72-35-33-70-28-24-65-20-14-44(60)51-16-6-4-8-41(47(49)63)12-11-39(2)57/h41-42,55H,4-37H2,1-3H3,(H2,49,63)(H2,50,64)(H,51,60)(H,52,61)(H,53,59)(H,54,62)/b56-38-/t41-,42+/m1/s1. The van der Waals surface area contributed by atoms with Crippen LogP contribution in [0.2, 0.25) is 0 Å². The maximum absolute atomic E-state index is 12.1. The summed E-state index contributed by atoms with van der Waals surface area (Å²) in [6.45, 7) is 11.5. The van der Waals surface area contributed by atoms with Crippen molar-refractivity contribution >= 4 is 52.7 Å². The lowest BCUT2D eigenvalue weighted by atomic mass is 9.95. The van der Waals surface area contributed by atoms with Gasteiger partial charge < -0.3 is 80.3 Å². The molecule has 0 rings (SSSR count). The molecule has 0 aromatic carbocycles. The number of primary amides is 2. The molecule has 0 radical (unpaired) electrons. The van der Waals surface area contributed by atoms with E-state index in [9.17, 15) is 38.4 Å². The minimum absolute atomic E-state index is 0.0334. The molecule has 0 aromatic heterocycles. The fourth-order valence-corrected chi connectivity index (χ4v) is 6.10. The summed E-state index contributed by atoms with van der Waals surface area (Å²) in [4.78, 5) is 98.4. The number of carbonyl (C=O) groups excluding carboxylic acids is 8. The Labute approximate surface area is 430 Å². The molecule has 73 heavy (non-hydrogen) atoms. The number of Topliss-reactive ketones (excluding diaryl/α,β-unsaturated/α-hetero) is 2. The average molecular weight is 1050 g/mol. The molecule has 0 saturated carbocycles. The molecular weight excluding hydrogens is 961 g/mol. The van der Waals surface area contributed by atoms with Gasteiger partial charge in [-0.05, 0) is 65.7 Å². The van der Waals surface area contributed by atoms with E-state index >= 15 is 0 Å². The predicted molar refractivity (Wildman–Crippen MR) is 268 cm³/mol. The van der Waals surface area contributed by atoms with Crippen molar-refractivity contribution in [3.05, 3.63) is 0 Å². The van der Waals surface area contributed by atoms with Gasteiger partial charge in [0, 0.05) is 57.8 Å². The molecule has 0 saturated heterocycles. The number of hydrogen-bond acceptors (Lipinski definition) is 19. The lowest BCUT2D eigenvalue weighted by molar-refractivity contribution is -0.126. The number of oxime groups is 1. The molecule has 0 unspecified atom stereocenters. The van der Waals surface area contributed by atoms with Crippen LogP contribution in [0, 0.1) is 5.92 Å². The van der Waals surface area contributed by atoms with Crippen LogP contribution in [0.4, 0.5) is 0 Å². The number of nitrogens with one attached hydrogen (secondary N) is 5. The molecule has 0 aliphatic rings. The Balaban J connectivity index is 3.53. The fraction of sp³-hybridized carbons (Fsp3) is 0.812. The largest absolute Gasteiger partial charge is 0.386 e. The monoisotopic (exact) mass is 1050 g/mol. The zero-order chi connectivity index (χ0) is 54.0. The molecule has 0 fully saturated rings. The second kappa shape index (κ2) is 49.5.